The molecule has 0 spiro atoms. The van der Waals surface area contributed by atoms with E-state index >= 15 is 0 Å². The summed E-state index contributed by atoms with van der Waals surface area (Å²) >= 11 is 0. The van der Waals surface area contributed by atoms with Gasteiger partial charge in [0.05, 0.1) is 4.90 Å². The van der Waals surface area contributed by atoms with Gasteiger partial charge in [0.15, 0.2) is 0 Å². The van der Waals surface area contributed by atoms with Crippen LogP contribution in [0.15, 0.2) is 29.2 Å². The molecule has 0 aliphatic heterocycles. The van der Waals surface area contributed by atoms with Gasteiger partial charge in [-0.05, 0) is 44.0 Å². The lowest BCUT2D eigenvalue weighted by Crippen LogP contribution is -2.39. The molecule has 0 saturated heterocycles. The van der Waals surface area contributed by atoms with Gasteiger partial charge in [-0.3, -0.25) is 4.79 Å². The summed E-state index contributed by atoms with van der Waals surface area (Å²) in [7, 11) is -1.93. The van der Waals surface area contributed by atoms with Gasteiger partial charge in [0.2, 0.25) is 10.0 Å². The van der Waals surface area contributed by atoms with Crippen LogP contribution in [0, 0.1) is 5.41 Å². The second-order valence-corrected chi connectivity index (χ2v) is 8.55. The molecule has 138 valence electrons. The number of nitrogens with one attached hydrogen (secondary N) is 1. The van der Waals surface area contributed by atoms with Crippen molar-refractivity contribution in [2.75, 3.05) is 20.1 Å². The molecular weight excluding hydrogens is 350 g/mol. The lowest BCUT2D eigenvalue weighted by atomic mass is 9.93. The van der Waals surface area contributed by atoms with E-state index in [2.05, 4.69) is 4.72 Å². The smallest absolute Gasteiger partial charge is 0.253 e. The van der Waals surface area contributed by atoms with Gasteiger partial charge in [0, 0.05) is 25.2 Å². The van der Waals surface area contributed by atoms with Gasteiger partial charge in [-0.25, -0.2) is 13.1 Å². The van der Waals surface area contributed by atoms with Crippen molar-refractivity contribution in [2.45, 2.75) is 38.6 Å². The second-order valence-electron chi connectivity index (χ2n) is 6.83. The minimum atomic E-state index is -3.62. The van der Waals surface area contributed by atoms with E-state index in [0.717, 1.165) is 0 Å². The van der Waals surface area contributed by atoms with Crippen LogP contribution in [-0.4, -0.2) is 45.4 Å². The van der Waals surface area contributed by atoms with Gasteiger partial charge in [-0.15, -0.1) is 12.4 Å². The van der Waals surface area contributed by atoms with E-state index in [1.165, 1.54) is 12.1 Å². The van der Waals surface area contributed by atoms with Crippen LogP contribution in [0.3, 0.4) is 0 Å². The molecule has 8 heteroatoms. The topological polar surface area (TPSA) is 92.5 Å². The Kier molecular flexibility index (Phi) is 8.38. The first kappa shape index (κ1) is 22.9. The number of amides is 1. The highest BCUT2D eigenvalue weighted by molar-refractivity contribution is 7.89. The molecule has 0 aliphatic rings. The maximum atomic E-state index is 12.5. The van der Waals surface area contributed by atoms with Crippen LogP contribution < -0.4 is 10.5 Å². The third-order valence-corrected chi connectivity index (χ3v) is 5.00. The zero-order chi connectivity index (χ0) is 17.8. The predicted octanol–water partition coefficient (Wildman–Crippen LogP) is 1.85. The molecule has 0 aliphatic carbocycles. The van der Waals surface area contributed by atoms with Crippen molar-refractivity contribution in [1.29, 1.82) is 0 Å². The summed E-state index contributed by atoms with van der Waals surface area (Å²) < 4.78 is 26.9. The molecule has 0 unspecified atom stereocenters. The molecule has 1 aromatic rings. The first-order valence-electron chi connectivity index (χ1n) is 7.56. The summed E-state index contributed by atoms with van der Waals surface area (Å²) in [5, 5.41) is 0. The van der Waals surface area contributed by atoms with E-state index in [0.29, 0.717) is 18.7 Å². The molecule has 0 fully saturated rings. The molecule has 0 aromatic heterocycles. The van der Waals surface area contributed by atoms with Crippen LogP contribution in [0.25, 0.3) is 0 Å². The van der Waals surface area contributed by atoms with Crippen molar-refractivity contribution < 1.29 is 13.2 Å². The van der Waals surface area contributed by atoms with Gasteiger partial charge in [0.1, 0.15) is 0 Å². The van der Waals surface area contributed by atoms with E-state index in [1.807, 2.05) is 13.8 Å². The molecule has 1 aromatic carbocycles. The Bertz CT molecular complexity index is 660. The lowest BCUT2D eigenvalue weighted by molar-refractivity contribution is 0.0740. The molecule has 0 saturated carbocycles. The summed E-state index contributed by atoms with van der Waals surface area (Å²) in [6.45, 7) is 8.39. The largest absolute Gasteiger partial charge is 0.341 e. The Morgan fingerprint density at radius 1 is 1.33 bits per heavy atom. The van der Waals surface area contributed by atoms with Crippen LogP contribution in [0.5, 0.6) is 0 Å². The zero-order valence-electron chi connectivity index (χ0n) is 14.9. The van der Waals surface area contributed by atoms with Gasteiger partial charge < -0.3 is 10.6 Å². The number of nitrogens with zero attached hydrogens (tertiary/aromatic N) is 1. The fraction of sp³-hybridized carbons (Fsp3) is 0.562. The predicted molar refractivity (Wildman–Crippen MR) is 98.9 cm³/mol. The fourth-order valence-electron chi connectivity index (χ4n) is 2.17. The van der Waals surface area contributed by atoms with E-state index in [-0.39, 0.29) is 34.7 Å². The number of rotatable bonds is 7. The van der Waals surface area contributed by atoms with E-state index in [4.69, 9.17) is 5.73 Å². The third-order valence-electron chi connectivity index (χ3n) is 3.35. The molecule has 3 N–H and O–H groups in total. The summed E-state index contributed by atoms with van der Waals surface area (Å²) in [4.78, 5) is 14.2. The van der Waals surface area contributed by atoms with Gasteiger partial charge in [0.25, 0.3) is 5.91 Å². The molecular formula is C16H28ClN3O3S. The highest BCUT2D eigenvalue weighted by Gasteiger charge is 2.23. The minimum absolute atomic E-state index is 0. The highest BCUT2D eigenvalue weighted by Crippen LogP contribution is 2.17. The minimum Gasteiger partial charge on any atom is -0.341 e. The van der Waals surface area contributed by atoms with Crippen molar-refractivity contribution in [3.05, 3.63) is 29.8 Å². The van der Waals surface area contributed by atoms with Crippen molar-refractivity contribution in [3.8, 4) is 0 Å². The maximum absolute atomic E-state index is 12.5. The SMILES string of the molecule is CC(C)NS(=O)(=O)c1cccc(C(=O)N(C)CC(C)(C)CN)c1.Cl. The van der Waals surface area contributed by atoms with Crippen LogP contribution in [0.2, 0.25) is 0 Å². The van der Waals surface area contributed by atoms with E-state index in [9.17, 15) is 13.2 Å². The van der Waals surface area contributed by atoms with Crippen molar-refractivity contribution in [1.82, 2.24) is 9.62 Å². The normalized spacial score (nSPS) is 12.0. The zero-order valence-corrected chi connectivity index (χ0v) is 16.5. The number of nitrogens with two attached hydrogens (primary N) is 1. The molecule has 0 radical (unpaired) electrons. The summed E-state index contributed by atoms with van der Waals surface area (Å²) in [5.74, 6) is -0.229. The lowest BCUT2D eigenvalue weighted by Gasteiger charge is -2.29. The number of carbonyl (C=O) groups is 1. The first-order chi connectivity index (χ1) is 10.5. The van der Waals surface area contributed by atoms with Gasteiger partial charge >= 0.3 is 0 Å². The Labute approximate surface area is 151 Å². The molecule has 0 heterocycles. The summed E-state index contributed by atoms with van der Waals surface area (Å²) in [6.07, 6.45) is 0. The number of hydrogen-bond donors (Lipinski definition) is 2. The standard InChI is InChI=1S/C16H27N3O3S.ClH/c1-12(2)18-23(21,22)14-8-6-7-13(9-14)15(20)19(5)11-16(3,4)10-17;/h6-9,12,18H,10-11,17H2,1-5H3;1H. The fourth-order valence-corrected chi connectivity index (χ4v) is 3.47. The van der Waals surface area contributed by atoms with Crippen LogP contribution >= 0.6 is 12.4 Å². The molecule has 1 rings (SSSR count). The number of halogens is 1. The third kappa shape index (κ3) is 6.39. The molecule has 24 heavy (non-hydrogen) atoms. The molecule has 0 atom stereocenters. The number of carbonyl (C=O) groups excluding carboxylic acids is 1. The highest BCUT2D eigenvalue weighted by atomic mass is 35.5. The number of hydrogen-bond acceptors (Lipinski definition) is 4. The van der Waals surface area contributed by atoms with Crippen LogP contribution in [0.1, 0.15) is 38.1 Å². The van der Waals surface area contributed by atoms with Crippen molar-refractivity contribution in [2.24, 2.45) is 11.1 Å². The van der Waals surface area contributed by atoms with E-state index in [1.54, 1.807) is 37.9 Å². The molecule has 0 bridgehead atoms. The van der Waals surface area contributed by atoms with Crippen molar-refractivity contribution in [3.63, 3.8) is 0 Å². The van der Waals surface area contributed by atoms with Crippen LogP contribution in [0.4, 0.5) is 0 Å². The van der Waals surface area contributed by atoms with Gasteiger partial charge in [-0.2, -0.15) is 0 Å². The number of benzene rings is 1. The first-order valence-corrected chi connectivity index (χ1v) is 9.05. The average molecular weight is 378 g/mol. The quantitative estimate of drug-likeness (QED) is 0.758. The Morgan fingerprint density at radius 3 is 2.42 bits per heavy atom. The van der Waals surface area contributed by atoms with E-state index < -0.39 is 10.0 Å². The monoisotopic (exact) mass is 377 g/mol. The van der Waals surface area contributed by atoms with Gasteiger partial charge in [-0.1, -0.05) is 19.9 Å². The molecule has 6 nitrogen and oxygen atoms in total. The maximum Gasteiger partial charge on any atom is 0.253 e. The summed E-state index contributed by atoms with van der Waals surface area (Å²) in [5.41, 5.74) is 5.83. The van der Waals surface area contributed by atoms with Crippen LogP contribution in [-0.2, 0) is 10.0 Å². The number of sulfonamides is 1. The Morgan fingerprint density at radius 2 is 1.92 bits per heavy atom. The Balaban J connectivity index is 0.00000529. The summed E-state index contributed by atoms with van der Waals surface area (Å²) in [6, 6.07) is 5.85. The Hall–Kier alpha value is -1.15. The van der Waals surface area contributed by atoms with Crippen molar-refractivity contribution >= 4 is 28.3 Å². The molecule has 1 amide bonds. The second kappa shape index (κ2) is 8.80. The average Bonchev–Trinajstić information content (AvgIpc) is 2.45.